The van der Waals surface area contributed by atoms with Crippen LogP contribution in [0.4, 0.5) is 5.13 Å². The van der Waals surface area contributed by atoms with Crippen molar-refractivity contribution in [3.8, 4) is 16.3 Å². The molecule has 3 aromatic rings. The molecule has 2 aromatic heterocycles. The number of hydrogen-bond acceptors (Lipinski definition) is 7. The second-order valence-electron chi connectivity index (χ2n) is 6.30. The van der Waals surface area contributed by atoms with Crippen LogP contribution < -0.4 is 15.4 Å². The largest absolute Gasteiger partial charge is 0.497 e. The van der Waals surface area contributed by atoms with Gasteiger partial charge in [0.1, 0.15) is 16.8 Å². The molecule has 3 rings (SSSR count). The number of methoxy groups -OCH3 is 1. The second-order valence-corrected chi connectivity index (χ2v) is 7.28. The van der Waals surface area contributed by atoms with Gasteiger partial charge in [0.15, 0.2) is 5.76 Å². The predicted octanol–water partition coefficient (Wildman–Crippen LogP) is 3.20. The highest BCUT2D eigenvalue weighted by atomic mass is 32.1. The van der Waals surface area contributed by atoms with Crippen molar-refractivity contribution in [2.45, 2.75) is 19.9 Å². The van der Waals surface area contributed by atoms with E-state index in [2.05, 4.69) is 20.8 Å². The summed E-state index contributed by atoms with van der Waals surface area (Å²) in [6, 6.07) is 9.79. The van der Waals surface area contributed by atoms with Crippen LogP contribution in [0.5, 0.6) is 5.75 Å². The first-order valence-corrected chi connectivity index (χ1v) is 9.42. The number of amides is 2. The van der Waals surface area contributed by atoms with E-state index in [1.807, 2.05) is 38.1 Å². The summed E-state index contributed by atoms with van der Waals surface area (Å²) in [5, 5.41) is 14.6. The zero-order valence-electron chi connectivity index (χ0n) is 15.6. The number of carbonyl (C=O) groups is 2. The van der Waals surface area contributed by atoms with Crippen LogP contribution in [-0.2, 0) is 4.79 Å². The molecule has 0 radical (unpaired) electrons. The Labute approximate surface area is 165 Å². The molecular weight excluding hydrogens is 380 g/mol. The van der Waals surface area contributed by atoms with Crippen molar-refractivity contribution in [1.82, 2.24) is 15.5 Å². The number of hydrogen-bond donors (Lipinski definition) is 2. The first kappa shape index (κ1) is 19.6. The van der Waals surface area contributed by atoms with Crippen molar-refractivity contribution in [1.29, 1.82) is 0 Å². The number of benzene rings is 1. The van der Waals surface area contributed by atoms with Gasteiger partial charge >= 0.3 is 0 Å². The summed E-state index contributed by atoms with van der Waals surface area (Å²) >= 11 is 1.25. The van der Waals surface area contributed by atoms with Crippen molar-refractivity contribution >= 4 is 28.3 Å². The summed E-state index contributed by atoms with van der Waals surface area (Å²) in [7, 11) is 1.60. The van der Waals surface area contributed by atoms with Crippen molar-refractivity contribution in [2.75, 3.05) is 12.4 Å². The Bertz CT molecular complexity index is 935. The molecule has 0 saturated carbocycles. The normalized spacial score (nSPS) is 11.9. The number of furan rings is 1. The molecule has 2 amide bonds. The van der Waals surface area contributed by atoms with E-state index in [1.54, 1.807) is 13.2 Å². The number of nitrogens with zero attached hydrogens (tertiary/aromatic N) is 2. The first-order chi connectivity index (χ1) is 13.5. The quantitative estimate of drug-likeness (QED) is 0.631. The molecule has 1 aromatic carbocycles. The predicted molar refractivity (Wildman–Crippen MR) is 105 cm³/mol. The molecular formula is C19H20N4O4S. The summed E-state index contributed by atoms with van der Waals surface area (Å²) < 4.78 is 10.2. The Balaban J connectivity index is 1.68. The maximum Gasteiger partial charge on any atom is 0.287 e. The fourth-order valence-corrected chi connectivity index (χ4v) is 3.21. The van der Waals surface area contributed by atoms with Crippen molar-refractivity contribution in [3.05, 3.63) is 48.4 Å². The molecule has 2 heterocycles. The highest BCUT2D eigenvalue weighted by molar-refractivity contribution is 7.18. The molecule has 0 aliphatic heterocycles. The third-order valence-electron chi connectivity index (χ3n) is 3.97. The van der Waals surface area contributed by atoms with Crippen molar-refractivity contribution < 1.29 is 18.7 Å². The van der Waals surface area contributed by atoms with Gasteiger partial charge in [0.2, 0.25) is 11.0 Å². The van der Waals surface area contributed by atoms with E-state index in [9.17, 15) is 9.59 Å². The zero-order valence-corrected chi connectivity index (χ0v) is 16.4. The number of aromatic nitrogens is 2. The average Bonchev–Trinajstić information content (AvgIpc) is 3.38. The van der Waals surface area contributed by atoms with Crippen LogP contribution in [0.25, 0.3) is 10.6 Å². The van der Waals surface area contributed by atoms with Crippen LogP contribution in [0.1, 0.15) is 24.4 Å². The SMILES string of the molecule is COc1ccc(-c2nnc(NC(=O)[C@@H](NC(=O)c3ccco3)C(C)C)s2)cc1. The Hall–Kier alpha value is -3.20. The second kappa shape index (κ2) is 8.66. The molecule has 0 saturated heterocycles. The topological polar surface area (TPSA) is 106 Å². The van der Waals surface area contributed by atoms with Crippen LogP contribution in [0.15, 0.2) is 47.1 Å². The summed E-state index contributed by atoms with van der Waals surface area (Å²) in [4.78, 5) is 24.9. The lowest BCUT2D eigenvalue weighted by atomic mass is 10.0. The lowest BCUT2D eigenvalue weighted by Crippen LogP contribution is -2.47. The molecule has 2 N–H and O–H groups in total. The van der Waals surface area contributed by atoms with E-state index in [1.165, 1.54) is 23.7 Å². The molecule has 0 spiro atoms. The molecule has 146 valence electrons. The molecule has 9 heteroatoms. The molecule has 0 fully saturated rings. The maximum atomic E-state index is 12.7. The van der Waals surface area contributed by atoms with Crippen LogP contribution in [0.2, 0.25) is 0 Å². The van der Waals surface area contributed by atoms with E-state index in [0.717, 1.165) is 11.3 Å². The molecule has 28 heavy (non-hydrogen) atoms. The van der Waals surface area contributed by atoms with Gasteiger partial charge < -0.3 is 14.5 Å². The molecule has 0 aliphatic rings. The molecule has 0 unspecified atom stereocenters. The van der Waals surface area contributed by atoms with Gasteiger partial charge in [-0.2, -0.15) is 0 Å². The lowest BCUT2D eigenvalue weighted by molar-refractivity contribution is -0.118. The Morgan fingerprint density at radius 2 is 1.89 bits per heavy atom. The number of anilines is 1. The number of rotatable bonds is 7. The summed E-state index contributed by atoms with van der Waals surface area (Å²) in [5.74, 6) is -0.0553. The minimum Gasteiger partial charge on any atom is -0.497 e. The van der Waals surface area contributed by atoms with Crippen LogP contribution >= 0.6 is 11.3 Å². The van der Waals surface area contributed by atoms with E-state index in [-0.39, 0.29) is 17.6 Å². The fraction of sp³-hybridized carbons (Fsp3) is 0.263. The van der Waals surface area contributed by atoms with Gasteiger partial charge in [-0.25, -0.2) is 0 Å². The van der Waals surface area contributed by atoms with Gasteiger partial charge in [0.05, 0.1) is 13.4 Å². The van der Waals surface area contributed by atoms with Crippen molar-refractivity contribution in [2.24, 2.45) is 5.92 Å². The zero-order chi connectivity index (χ0) is 20.1. The van der Waals surface area contributed by atoms with E-state index >= 15 is 0 Å². The lowest BCUT2D eigenvalue weighted by Gasteiger charge is -2.20. The highest BCUT2D eigenvalue weighted by Crippen LogP contribution is 2.28. The Kier molecular flexibility index (Phi) is 6.05. The molecule has 1 atom stereocenters. The number of ether oxygens (including phenoxy) is 1. The van der Waals surface area contributed by atoms with Crippen LogP contribution in [-0.4, -0.2) is 35.2 Å². The van der Waals surface area contributed by atoms with Gasteiger partial charge in [-0.1, -0.05) is 25.2 Å². The fourth-order valence-electron chi connectivity index (χ4n) is 2.46. The third kappa shape index (κ3) is 4.55. The summed E-state index contributed by atoms with van der Waals surface area (Å²) in [6.45, 7) is 3.69. The van der Waals surface area contributed by atoms with Crippen molar-refractivity contribution in [3.63, 3.8) is 0 Å². The first-order valence-electron chi connectivity index (χ1n) is 8.61. The number of carbonyl (C=O) groups excluding carboxylic acids is 2. The van der Waals surface area contributed by atoms with E-state index < -0.39 is 11.9 Å². The minimum absolute atomic E-state index is 0.132. The van der Waals surface area contributed by atoms with Crippen LogP contribution in [0.3, 0.4) is 0 Å². The van der Waals surface area contributed by atoms with Gasteiger partial charge in [0.25, 0.3) is 5.91 Å². The molecule has 8 nitrogen and oxygen atoms in total. The molecule has 0 aliphatic carbocycles. The summed E-state index contributed by atoms with van der Waals surface area (Å²) in [6.07, 6.45) is 1.40. The monoisotopic (exact) mass is 400 g/mol. The average molecular weight is 400 g/mol. The maximum absolute atomic E-state index is 12.7. The minimum atomic E-state index is -0.745. The highest BCUT2D eigenvalue weighted by Gasteiger charge is 2.26. The standard InChI is InChI=1S/C19H20N4O4S/c1-11(2)15(20-16(24)14-5-4-10-27-14)17(25)21-19-23-22-18(28-19)12-6-8-13(26-3)9-7-12/h4-11,15H,1-3H3,(H,20,24)(H,21,23,25)/t15-/m0/s1. The third-order valence-corrected chi connectivity index (χ3v) is 4.86. The summed E-state index contributed by atoms with van der Waals surface area (Å²) in [5.41, 5.74) is 0.866. The van der Waals surface area contributed by atoms with E-state index in [4.69, 9.17) is 9.15 Å². The van der Waals surface area contributed by atoms with Gasteiger partial charge in [-0.05, 0) is 42.3 Å². The molecule has 0 bridgehead atoms. The smallest absolute Gasteiger partial charge is 0.287 e. The Morgan fingerprint density at radius 1 is 1.14 bits per heavy atom. The van der Waals surface area contributed by atoms with Gasteiger partial charge in [0, 0.05) is 5.56 Å². The van der Waals surface area contributed by atoms with Crippen LogP contribution in [0, 0.1) is 5.92 Å². The van der Waals surface area contributed by atoms with Gasteiger partial charge in [-0.3, -0.25) is 14.9 Å². The van der Waals surface area contributed by atoms with E-state index in [0.29, 0.717) is 10.1 Å². The Morgan fingerprint density at radius 3 is 2.50 bits per heavy atom. The van der Waals surface area contributed by atoms with Gasteiger partial charge in [-0.15, -0.1) is 10.2 Å². The number of nitrogens with one attached hydrogen (secondary N) is 2.